The van der Waals surface area contributed by atoms with Crippen LogP contribution in [0.1, 0.15) is 41.7 Å². The van der Waals surface area contributed by atoms with E-state index in [1.165, 1.54) is 11.1 Å². The third kappa shape index (κ3) is 5.54. The lowest BCUT2D eigenvalue weighted by atomic mass is 10.0. The number of rotatable bonds is 9. The van der Waals surface area contributed by atoms with Crippen LogP contribution in [0.15, 0.2) is 65.1 Å². The second kappa shape index (κ2) is 10.7. The van der Waals surface area contributed by atoms with Gasteiger partial charge in [0.05, 0.1) is 0 Å². The fraction of sp³-hybridized carbons (Fsp3) is 0.310. The Balaban J connectivity index is 1.59. The maximum Gasteiger partial charge on any atom is 0.248 e. The number of aromatic nitrogens is 2. The normalized spacial score (nSPS) is 11.2. The molecule has 0 aliphatic heterocycles. The Morgan fingerprint density at radius 2 is 1.56 bits per heavy atom. The number of benzene rings is 3. The first-order valence-corrected chi connectivity index (χ1v) is 11.9. The second-order valence-corrected chi connectivity index (χ2v) is 8.86. The van der Waals surface area contributed by atoms with Gasteiger partial charge in [0.15, 0.2) is 0 Å². The summed E-state index contributed by atoms with van der Waals surface area (Å²) < 4.78 is 12.4. The summed E-state index contributed by atoms with van der Waals surface area (Å²) in [7, 11) is 2.12. The minimum atomic E-state index is 0.524. The van der Waals surface area contributed by atoms with E-state index in [1.807, 2.05) is 18.2 Å². The molecule has 0 saturated carbocycles. The molecule has 0 aliphatic carbocycles. The maximum absolute atomic E-state index is 6.21. The smallest absolute Gasteiger partial charge is 0.248 e. The molecule has 0 atom stereocenters. The summed E-state index contributed by atoms with van der Waals surface area (Å²) in [6.07, 6.45) is 0.853. The first-order chi connectivity index (χ1) is 16.5. The third-order valence-electron chi connectivity index (χ3n) is 6.01. The Hall–Kier alpha value is -3.44. The van der Waals surface area contributed by atoms with Crippen molar-refractivity contribution in [2.45, 2.75) is 47.3 Å². The molecule has 4 rings (SSSR count). The van der Waals surface area contributed by atoms with Crippen molar-refractivity contribution in [3.8, 4) is 28.7 Å². The summed E-state index contributed by atoms with van der Waals surface area (Å²) in [5.41, 5.74) is 7.63. The van der Waals surface area contributed by atoms with E-state index in [4.69, 9.17) is 9.15 Å². The van der Waals surface area contributed by atoms with E-state index < -0.39 is 0 Å². The number of nitrogens with zero attached hydrogens (tertiary/aromatic N) is 3. The number of hydrogen-bond donors (Lipinski definition) is 0. The lowest BCUT2D eigenvalue weighted by molar-refractivity contribution is 0.301. The van der Waals surface area contributed by atoms with Gasteiger partial charge in [-0.2, -0.15) is 0 Å². The van der Waals surface area contributed by atoms with Crippen LogP contribution in [0.3, 0.4) is 0 Å². The van der Waals surface area contributed by atoms with E-state index in [2.05, 4.69) is 92.3 Å². The molecular formula is C29H33N3O2. The van der Waals surface area contributed by atoms with E-state index in [0.29, 0.717) is 18.4 Å². The van der Waals surface area contributed by atoms with Crippen molar-refractivity contribution in [3.63, 3.8) is 0 Å². The van der Waals surface area contributed by atoms with Gasteiger partial charge in [0, 0.05) is 17.7 Å². The molecule has 176 valence electrons. The van der Waals surface area contributed by atoms with Crippen molar-refractivity contribution < 1.29 is 9.15 Å². The average Bonchev–Trinajstić information content (AvgIpc) is 3.33. The van der Waals surface area contributed by atoms with E-state index in [-0.39, 0.29) is 0 Å². The zero-order chi connectivity index (χ0) is 24.1. The first-order valence-electron chi connectivity index (χ1n) is 11.9. The molecule has 0 amide bonds. The van der Waals surface area contributed by atoms with Gasteiger partial charge in [0.25, 0.3) is 0 Å². The van der Waals surface area contributed by atoms with Gasteiger partial charge in [-0.3, -0.25) is 0 Å². The first kappa shape index (κ1) is 23.7. The van der Waals surface area contributed by atoms with Gasteiger partial charge in [0.2, 0.25) is 11.8 Å². The van der Waals surface area contributed by atoms with E-state index >= 15 is 0 Å². The molecule has 4 aromatic rings. The van der Waals surface area contributed by atoms with E-state index in [1.54, 1.807) is 0 Å². The van der Waals surface area contributed by atoms with E-state index in [9.17, 15) is 0 Å². The Morgan fingerprint density at radius 1 is 0.853 bits per heavy atom. The Kier molecular flexibility index (Phi) is 7.43. The van der Waals surface area contributed by atoms with Crippen molar-refractivity contribution in [3.05, 3.63) is 88.5 Å². The minimum absolute atomic E-state index is 0.524. The van der Waals surface area contributed by atoms with Crippen molar-refractivity contribution >= 4 is 0 Å². The van der Waals surface area contributed by atoms with Gasteiger partial charge < -0.3 is 14.1 Å². The van der Waals surface area contributed by atoms with Crippen molar-refractivity contribution in [2.75, 3.05) is 13.6 Å². The lowest BCUT2D eigenvalue weighted by Gasteiger charge is -2.15. The van der Waals surface area contributed by atoms with Crippen LogP contribution in [-0.2, 0) is 19.6 Å². The van der Waals surface area contributed by atoms with Crippen LogP contribution in [-0.4, -0.2) is 28.7 Å². The van der Waals surface area contributed by atoms with Gasteiger partial charge in [-0.1, -0.05) is 55.8 Å². The number of ether oxygens (including phenoxy) is 1. The summed E-state index contributed by atoms with van der Waals surface area (Å²) in [5, 5.41) is 8.74. The molecule has 0 bridgehead atoms. The molecule has 1 aromatic heterocycles. The van der Waals surface area contributed by atoms with Crippen LogP contribution < -0.4 is 4.74 Å². The highest BCUT2D eigenvalue weighted by atomic mass is 16.5. The molecule has 34 heavy (non-hydrogen) atoms. The number of hydrogen-bond acceptors (Lipinski definition) is 5. The van der Waals surface area contributed by atoms with Crippen molar-refractivity contribution in [1.82, 2.24) is 15.1 Å². The zero-order valence-corrected chi connectivity index (χ0v) is 20.8. The van der Waals surface area contributed by atoms with Gasteiger partial charge in [-0.15, -0.1) is 10.2 Å². The molecule has 0 saturated heterocycles. The fourth-order valence-electron chi connectivity index (χ4n) is 4.13. The monoisotopic (exact) mass is 455 g/mol. The summed E-state index contributed by atoms with van der Waals surface area (Å²) in [4.78, 5) is 2.27. The van der Waals surface area contributed by atoms with Gasteiger partial charge in [-0.05, 0) is 80.4 Å². The molecule has 0 spiro atoms. The number of aryl methyl sites for hydroxylation is 3. The molecule has 1 heterocycles. The highest BCUT2D eigenvalue weighted by Crippen LogP contribution is 2.33. The topological polar surface area (TPSA) is 51.4 Å². The third-order valence-corrected chi connectivity index (χ3v) is 6.01. The fourth-order valence-corrected chi connectivity index (χ4v) is 4.13. The van der Waals surface area contributed by atoms with Crippen LogP contribution >= 0.6 is 0 Å². The highest BCUT2D eigenvalue weighted by Gasteiger charge is 2.16. The summed E-state index contributed by atoms with van der Waals surface area (Å²) >= 11 is 0. The van der Waals surface area contributed by atoms with Gasteiger partial charge in [-0.25, -0.2) is 0 Å². The average molecular weight is 456 g/mol. The van der Waals surface area contributed by atoms with Crippen molar-refractivity contribution in [1.29, 1.82) is 0 Å². The van der Waals surface area contributed by atoms with Crippen LogP contribution in [0.2, 0.25) is 0 Å². The van der Waals surface area contributed by atoms with Crippen LogP contribution in [0.25, 0.3) is 22.9 Å². The Bertz CT molecular complexity index is 1250. The lowest BCUT2D eigenvalue weighted by Crippen LogP contribution is -2.16. The van der Waals surface area contributed by atoms with Crippen LogP contribution in [0, 0.1) is 13.8 Å². The largest absolute Gasteiger partial charge is 0.488 e. The zero-order valence-electron chi connectivity index (χ0n) is 20.8. The summed E-state index contributed by atoms with van der Waals surface area (Å²) in [6.45, 7) is 10.9. The quantitative estimate of drug-likeness (QED) is 0.284. The van der Waals surface area contributed by atoms with Crippen LogP contribution in [0.5, 0.6) is 5.75 Å². The molecule has 0 N–H and O–H groups in total. The Morgan fingerprint density at radius 3 is 2.24 bits per heavy atom. The Labute approximate surface area is 202 Å². The standard InChI is InChI=1S/C29H33N3O2/c1-6-24-17-26(15-21(4)27(24)33-19-22-11-9-8-10-12-22)29-31-30-28(34-29)25-14-20(3)13-23(16-25)18-32(5)7-2/h8-17H,6-7,18-19H2,1-5H3. The summed E-state index contributed by atoms with van der Waals surface area (Å²) in [6, 6.07) is 20.8. The minimum Gasteiger partial charge on any atom is -0.488 e. The molecule has 0 aliphatic rings. The molecule has 5 heteroatoms. The van der Waals surface area contributed by atoms with Gasteiger partial charge >= 0.3 is 0 Å². The molecule has 0 unspecified atom stereocenters. The predicted octanol–water partition coefficient (Wildman–Crippen LogP) is 6.61. The molecule has 3 aromatic carbocycles. The molecule has 0 radical (unpaired) electrons. The SMILES string of the molecule is CCc1cc(-c2nnc(-c3cc(C)cc(CN(C)CC)c3)o2)cc(C)c1OCc1ccccc1. The second-order valence-electron chi connectivity index (χ2n) is 8.86. The van der Waals surface area contributed by atoms with Crippen molar-refractivity contribution in [2.24, 2.45) is 0 Å². The molecule has 0 fully saturated rings. The molecule has 5 nitrogen and oxygen atoms in total. The maximum atomic E-state index is 6.21. The highest BCUT2D eigenvalue weighted by molar-refractivity contribution is 5.63. The molecular weight excluding hydrogens is 422 g/mol. The van der Waals surface area contributed by atoms with Crippen LogP contribution in [0.4, 0.5) is 0 Å². The summed E-state index contributed by atoms with van der Waals surface area (Å²) in [5.74, 6) is 1.99. The van der Waals surface area contributed by atoms with E-state index in [0.717, 1.165) is 53.1 Å². The van der Waals surface area contributed by atoms with Gasteiger partial charge in [0.1, 0.15) is 12.4 Å². The predicted molar refractivity (Wildman–Crippen MR) is 137 cm³/mol.